The van der Waals surface area contributed by atoms with Crippen molar-refractivity contribution in [2.24, 2.45) is 5.92 Å². The highest BCUT2D eigenvalue weighted by molar-refractivity contribution is 5.74. The lowest BCUT2D eigenvalue weighted by atomic mass is 10.1. The van der Waals surface area contributed by atoms with E-state index in [0.717, 1.165) is 49.4 Å². The Morgan fingerprint density at radius 1 is 1.16 bits per heavy atom. The van der Waals surface area contributed by atoms with Crippen LogP contribution >= 0.6 is 0 Å². The minimum atomic E-state index is -0.268. The average Bonchev–Trinajstić information content (AvgIpc) is 3.45. The first kappa shape index (κ1) is 22.6. The van der Waals surface area contributed by atoms with Crippen molar-refractivity contribution < 1.29 is 18.7 Å². The predicted molar refractivity (Wildman–Crippen MR) is 121 cm³/mol. The van der Waals surface area contributed by atoms with Crippen molar-refractivity contribution in [1.29, 1.82) is 0 Å². The van der Waals surface area contributed by atoms with Crippen LogP contribution in [0.2, 0.25) is 0 Å². The van der Waals surface area contributed by atoms with Gasteiger partial charge in [-0.1, -0.05) is 24.3 Å². The van der Waals surface area contributed by atoms with Crippen molar-refractivity contribution in [3.8, 4) is 5.75 Å². The van der Waals surface area contributed by atoms with Crippen molar-refractivity contribution >= 4 is 6.03 Å². The highest BCUT2D eigenvalue weighted by Gasteiger charge is 2.24. The van der Waals surface area contributed by atoms with Crippen molar-refractivity contribution in [1.82, 2.24) is 15.1 Å². The molecule has 7 heteroatoms. The number of amides is 2. The van der Waals surface area contributed by atoms with Gasteiger partial charge in [0.05, 0.1) is 13.2 Å². The summed E-state index contributed by atoms with van der Waals surface area (Å²) in [6, 6.07) is 14.1. The topological polar surface area (TPSA) is 54.0 Å². The fourth-order valence-electron chi connectivity index (χ4n) is 4.29. The second-order valence-corrected chi connectivity index (χ2v) is 8.83. The lowest BCUT2D eigenvalue weighted by molar-refractivity contribution is 0.141. The van der Waals surface area contributed by atoms with Crippen molar-refractivity contribution in [3.05, 3.63) is 65.5 Å². The highest BCUT2D eigenvalue weighted by atomic mass is 19.1. The van der Waals surface area contributed by atoms with E-state index in [9.17, 15) is 9.18 Å². The summed E-state index contributed by atoms with van der Waals surface area (Å²) in [4.78, 5) is 17.2. The zero-order valence-corrected chi connectivity index (χ0v) is 18.6. The van der Waals surface area contributed by atoms with Gasteiger partial charge in [-0.25, -0.2) is 9.18 Å². The van der Waals surface area contributed by atoms with Gasteiger partial charge in [0.1, 0.15) is 17.7 Å². The maximum atomic E-state index is 13.3. The van der Waals surface area contributed by atoms with Gasteiger partial charge in [-0.2, -0.15) is 0 Å². The third-order valence-corrected chi connectivity index (χ3v) is 6.10. The Labute approximate surface area is 189 Å². The maximum absolute atomic E-state index is 13.3. The van der Waals surface area contributed by atoms with Gasteiger partial charge in [-0.15, -0.1) is 0 Å². The Morgan fingerprint density at radius 3 is 2.56 bits per heavy atom. The maximum Gasteiger partial charge on any atom is 0.317 e. The molecule has 2 aromatic carbocycles. The fraction of sp³-hybridized carbons (Fsp3) is 0.480. The SMILES string of the molecule is CN1CC[C@H](CN(Cc2ccc(F)cc2)C(=O)NCc2ccc(O[C@H]3CCOC3)cc2)C1. The van der Waals surface area contributed by atoms with E-state index < -0.39 is 0 Å². The van der Waals surface area contributed by atoms with E-state index in [1.807, 2.05) is 29.2 Å². The minimum absolute atomic E-state index is 0.104. The minimum Gasteiger partial charge on any atom is -0.488 e. The molecule has 172 valence electrons. The molecular weight excluding hydrogens is 409 g/mol. The van der Waals surface area contributed by atoms with Crippen LogP contribution in [0.3, 0.4) is 0 Å². The lowest BCUT2D eigenvalue weighted by Gasteiger charge is -2.26. The smallest absolute Gasteiger partial charge is 0.317 e. The standard InChI is InChI=1S/C25H32FN3O3/c1-28-12-10-21(15-28)17-29(16-20-2-6-22(26)7-3-20)25(30)27-14-19-4-8-23(9-5-19)32-24-11-13-31-18-24/h2-9,21,24H,10-18H2,1H3,(H,27,30)/t21-,24-/m0/s1. The Balaban J connectivity index is 1.33. The van der Waals surface area contributed by atoms with E-state index >= 15 is 0 Å². The molecule has 0 spiro atoms. The molecule has 2 heterocycles. The van der Waals surface area contributed by atoms with Crippen molar-refractivity contribution in [2.45, 2.75) is 32.0 Å². The Bertz CT molecular complexity index is 869. The van der Waals surface area contributed by atoms with Gasteiger partial charge in [0.2, 0.25) is 0 Å². The molecule has 2 aromatic rings. The summed E-state index contributed by atoms with van der Waals surface area (Å²) in [5.41, 5.74) is 1.93. The third-order valence-electron chi connectivity index (χ3n) is 6.10. The number of nitrogens with one attached hydrogen (secondary N) is 1. The first-order valence-electron chi connectivity index (χ1n) is 11.3. The van der Waals surface area contributed by atoms with Crippen LogP contribution in [0.15, 0.2) is 48.5 Å². The molecule has 1 N–H and O–H groups in total. The number of rotatable bonds is 8. The number of likely N-dealkylation sites (tertiary alicyclic amines) is 1. The molecule has 0 saturated carbocycles. The predicted octanol–water partition coefficient (Wildman–Crippen LogP) is 3.66. The van der Waals surface area contributed by atoms with Gasteiger partial charge < -0.3 is 24.6 Å². The van der Waals surface area contributed by atoms with Crippen LogP contribution in [0.5, 0.6) is 5.75 Å². The Kier molecular flexibility index (Phi) is 7.60. The summed E-state index contributed by atoms with van der Waals surface area (Å²) in [7, 11) is 2.11. The summed E-state index contributed by atoms with van der Waals surface area (Å²) in [5.74, 6) is 0.996. The van der Waals surface area contributed by atoms with Gasteiger partial charge in [0, 0.05) is 32.6 Å². The molecule has 2 fully saturated rings. The van der Waals surface area contributed by atoms with Crippen LogP contribution in [-0.2, 0) is 17.8 Å². The van der Waals surface area contributed by atoms with Gasteiger partial charge in [0.25, 0.3) is 0 Å². The Hall–Kier alpha value is -2.64. The first-order valence-corrected chi connectivity index (χ1v) is 11.3. The molecule has 0 aliphatic carbocycles. The number of ether oxygens (including phenoxy) is 2. The number of benzene rings is 2. The number of carbonyl (C=O) groups is 1. The van der Waals surface area contributed by atoms with Crippen LogP contribution in [0.25, 0.3) is 0 Å². The number of hydrogen-bond donors (Lipinski definition) is 1. The van der Waals surface area contributed by atoms with Crippen LogP contribution in [0.1, 0.15) is 24.0 Å². The normalized spacial score (nSPS) is 20.9. The zero-order chi connectivity index (χ0) is 22.3. The van der Waals surface area contributed by atoms with Crippen LogP contribution in [-0.4, -0.2) is 61.8 Å². The average molecular weight is 442 g/mol. The van der Waals surface area contributed by atoms with E-state index in [2.05, 4.69) is 17.3 Å². The molecular formula is C25H32FN3O3. The molecule has 0 bridgehead atoms. The quantitative estimate of drug-likeness (QED) is 0.679. The molecule has 6 nitrogen and oxygen atoms in total. The number of urea groups is 1. The van der Waals surface area contributed by atoms with E-state index in [-0.39, 0.29) is 18.0 Å². The largest absolute Gasteiger partial charge is 0.488 e. The zero-order valence-electron chi connectivity index (χ0n) is 18.6. The monoisotopic (exact) mass is 441 g/mol. The van der Waals surface area contributed by atoms with Crippen molar-refractivity contribution in [2.75, 3.05) is 39.9 Å². The van der Waals surface area contributed by atoms with Crippen LogP contribution in [0.4, 0.5) is 9.18 Å². The van der Waals surface area contributed by atoms with E-state index in [1.54, 1.807) is 12.1 Å². The molecule has 0 aromatic heterocycles. The summed E-state index contributed by atoms with van der Waals surface area (Å²) in [6.45, 7) is 5.01. The van der Waals surface area contributed by atoms with Gasteiger partial charge in [-0.3, -0.25) is 0 Å². The summed E-state index contributed by atoms with van der Waals surface area (Å²) in [5, 5.41) is 3.05. The van der Waals surface area contributed by atoms with Gasteiger partial charge in [0.15, 0.2) is 0 Å². The van der Waals surface area contributed by atoms with E-state index in [1.165, 1.54) is 12.1 Å². The summed E-state index contributed by atoms with van der Waals surface area (Å²) in [6.07, 6.45) is 2.12. The fourth-order valence-corrected chi connectivity index (χ4v) is 4.29. The van der Waals surface area contributed by atoms with E-state index in [0.29, 0.717) is 32.2 Å². The second-order valence-electron chi connectivity index (χ2n) is 8.83. The van der Waals surface area contributed by atoms with Crippen LogP contribution in [0, 0.1) is 11.7 Å². The third kappa shape index (κ3) is 6.43. The number of nitrogens with zero attached hydrogens (tertiary/aromatic N) is 2. The highest BCUT2D eigenvalue weighted by Crippen LogP contribution is 2.19. The molecule has 2 aliphatic heterocycles. The van der Waals surface area contributed by atoms with Gasteiger partial charge >= 0.3 is 6.03 Å². The molecule has 2 amide bonds. The molecule has 2 atom stereocenters. The number of halogens is 1. The summed E-state index contributed by atoms with van der Waals surface area (Å²) < 4.78 is 24.5. The molecule has 32 heavy (non-hydrogen) atoms. The second kappa shape index (κ2) is 10.8. The molecule has 2 saturated heterocycles. The first-order chi connectivity index (χ1) is 15.5. The lowest BCUT2D eigenvalue weighted by Crippen LogP contribution is -2.42. The molecule has 4 rings (SSSR count). The number of hydrogen-bond acceptors (Lipinski definition) is 4. The molecule has 2 aliphatic rings. The van der Waals surface area contributed by atoms with Crippen molar-refractivity contribution in [3.63, 3.8) is 0 Å². The number of carbonyl (C=O) groups excluding carboxylic acids is 1. The molecule has 0 radical (unpaired) electrons. The van der Waals surface area contributed by atoms with E-state index in [4.69, 9.17) is 9.47 Å². The van der Waals surface area contributed by atoms with Gasteiger partial charge in [-0.05, 0) is 61.3 Å². The molecule has 0 unspecified atom stereocenters. The summed E-state index contributed by atoms with van der Waals surface area (Å²) >= 11 is 0. The van der Waals surface area contributed by atoms with Crippen LogP contribution < -0.4 is 10.1 Å². The Morgan fingerprint density at radius 2 is 1.91 bits per heavy atom.